The monoisotopic (exact) mass is 415 g/mol. The summed E-state index contributed by atoms with van der Waals surface area (Å²) in [5, 5.41) is 5.63. The largest absolute Gasteiger partial charge is 0.323 e. The predicted molar refractivity (Wildman–Crippen MR) is 118 cm³/mol. The molecular weight excluding hydrogens is 400 g/mol. The van der Waals surface area contributed by atoms with Crippen molar-refractivity contribution in [2.75, 3.05) is 0 Å². The van der Waals surface area contributed by atoms with E-state index in [1.54, 1.807) is 35.4 Å². The number of para-hydroxylation sites is 2. The fraction of sp³-hybridized carbons (Fsp3) is 0.0455. The van der Waals surface area contributed by atoms with E-state index in [0.717, 1.165) is 11.1 Å². The van der Waals surface area contributed by atoms with Crippen LogP contribution >= 0.6 is 11.6 Å². The highest BCUT2D eigenvalue weighted by molar-refractivity contribution is 6.30. The van der Waals surface area contributed by atoms with Crippen molar-refractivity contribution in [1.29, 1.82) is 0 Å². The lowest BCUT2D eigenvalue weighted by molar-refractivity contribution is -0.357. The molecule has 7 nitrogen and oxygen atoms in total. The van der Waals surface area contributed by atoms with Crippen LogP contribution in [-0.4, -0.2) is 25.4 Å². The summed E-state index contributed by atoms with van der Waals surface area (Å²) in [7, 11) is 0. The van der Waals surface area contributed by atoms with Gasteiger partial charge in [-0.05, 0) is 29.8 Å². The Morgan fingerprint density at radius 1 is 1.13 bits per heavy atom. The van der Waals surface area contributed by atoms with E-state index < -0.39 is 0 Å². The molecule has 1 N–H and O–H groups in total. The van der Waals surface area contributed by atoms with Crippen molar-refractivity contribution >= 4 is 51.0 Å². The van der Waals surface area contributed by atoms with E-state index in [0.29, 0.717) is 39.3 Å². The topological polar surface area (TPSA) is 79.2 Å². The molecule has 0 aliphatic carbocycles. The number of halogens is 1. The second-order valence-corrected chi connectivity index (χ2v) is 7.18. The summed E-state index contributed by atoms with van der Waals surface area (Å²) in [4.78, 5) is 25.8. The maximum atomic E-state index is 13.1. The van der Waals surface area contributed by atoms with Crippen molar-refractivity contribution in [1.82, 2.24) is 19.2 Å². The van der Waals surface area contributed by atoms with E-state index in [1.165, 1.54) is 4.57 Å². The number of hydrogen-bond donors (Lipinski definition) is 0. The van der Waals surface area contributed by atoms with Crippen molar-refractivity contribution in [3.05, 3.63) is 88.5 Å². The van der Waals surface area contributed by atoms with Crippen molar-refractivity contribution in [2.45, 2.75) is 6.54 Å². The van der Waals surface area contributed by atoms with Crippen LogP contribution in [0, 0.1) is 0 Å². The first kappa shape index (κ1) is 18.2. The third-order valence-electron chi connectivity index (χ3n) is 4.77. The molecule has 3 heterocycles. The van der Waals surface area contributed by atoms with E-state index in [2.05, 4.69) is 16.7 Å². The molecule has 0 bridgehead atoms. The average Bonchev–Trinajstić information content (AvgIpc) is 3.06. The van der Waals surface area contributed by atoms with Crippen LogP contribution in [0.2, 0.25) is 5.02 Å². The lowest BCUT2D eigenvalue weighted by atomic mass is 10.2. The smallest absolute Gasteiger partial charge is 0.250 e. The molecule has 146 valence electrons. The molecule has 2 aromatic carbocycles. The van der Waals surface area contributed by atoms with E-state index in [1.807, 2.05) is 36.4 Å². The fourth-order valence-electron chi connectivity index (χ4n) is 3.41. The van der Waals surface area contributed by atoms with Gasteiger partial charge in [0.1, 0.15) is 5.52 Å². The Morgan fingerprint density at radius 2 is 1.93 bits per heavy atom. The van der Waals surface area contributed by atoms with E-state index in [4.69, 9.17) is 21.6 Å². The number of H-pyrrole nitrogens is 1. The number of aromatic nitrogens is 5. The molecule has 0 fully saturated rings. The fourth-order valence-corrected chi connectivity index (χ4v) is 3.60. The lowest BCUT2D eigenvalue weighted by Gasteiger charge is -1.97. The van der Waals surface area contributed by atoms with Crippen LogP contribution in [0.1, 0.15) is 5.56 Å². The van der Waals surface area contributed by atoms with Crippen molar-refractivity contribution in [3.8, 4) is 0 Å². The highest BCUT2D eigenvalue weighted by atomic mass is 35.5. The first-order valence-electron chi connectivity index (χ1n) is 9.28. The highest BCUT2D eigenvalue weighted by Gasteiger charge is 2.24. The van der Waals surface area contributed by atoms with Crippen LogP contribution in [-0.2, 0) is 6.54 Å². The number of nitrogens with one attached hydrogen (secondary N) is 1. The Hall–Kier alpha value is -3.84. The third-order valence-corrected chi connectivity index (χ3v) is 5.00. The van der Waals surface area contributed by atoms with Gasteiger partial charge >= 0.3 is 5.56 Å². The zero-order valence-electron chi connectivity index (χ0n) is 15.8. The first-order chi connectivity index (χ1) is 14.7. The molecule has 0 radical (unpaired) electrons. The second kappa shape index (κ2) is 7.20. The quantitative estimate of drug-likeness (QED) is 0.333. The summed E-state index contributed by atoms with van der Waals surface area (Å²) in [5.74, 6) is 0. The van der Waals surface area contributed by atoms with Gasteiger partial charge in [0.15, 0.2) is 11.7 Å². The number of allylic oxidation sites excluding steroid dienone is 1. The minimum Gasteiger partial charge on any atom is -0.250 e. The van der Waals surface area contributed by atoms with Crippen LogP contribution < -0.4 is 10.5 Å². The number of hydrogen-bond acceptors (Lipinski definition) is 4. The van der Waals surface area contributed by atoms with Crippen molar-refractivity contribution in [2.24, 2.45) is 5.10 Å². The van der Waals surface area contributed by atoms with E-state index in [9.17, 15) is 4.79 Å². The zero-order valence-corrected chi connectivity index (χ0v) is 16.5. The lowest BCUT2D eigenvalue weighted by Crippen LogP contribution is -2.26. The summed E-state index contributed by atoms with van der Waals surface area (Å²) >= 11 is 6.08. The molecule has 0 saturated heterocycles. The summed E-state index contributed by atoms with van der Waals surface area (Å²) in [5.41, 5.74) is 3.57. The Kier molecular flexibility index (Phi) is 4.37. The predicted octanol–water partition coefficient (Wildman–Crippen LogP) is 3.44. The van der Waals surface area contributed by atoms with Gasteiger partial charge in [-0.1, -0.05) is 48.5 Å². The van der Waals surface area contributed by atoms with Crippen LogP contribution in [0.3, 0.4) is 0 Å². The van der Waals surface area contributed by atoms with Crippen molar-refractivity contribution in [3.63, 3.8) is 0 Å². The standard InChI is InChI=1S/C22H15ClN6O/c1-2-10-28-13-24-20-18(22(28)30)19-21(27-17-9-4-3-8-16(17)26-19)29(20)25-12-14-6-5-7-15(23)11-14/h2-9,11-13H,1,10H2/p+1. The van der Waals surface area contributed by atoms with Crippen LogP contribution in [0.25, 0.3) is 33.2 Å². The van der Waals surface area contributed by atoms with Gasteiger partial charge < -0.3 is 0 Å². The number of rotatable bonds is 4. The molecule has 0 unspecified atom stereocenters. The molecule has 0 aliphatic heterocycles. The molecule has 3 aromatic heterocycles. The molecule has 0 saturated carbocycles. The highest BCUT2D eigenvalue weighted by Crippen LogP contribution is 2.23. The normalized spacial score (nSPS) is 11.8. The molecule has 0 spiro atoms. The Morgan fingerprint density at radius 3 is 2.70 bits per heavy atom. The zero-order chi connectivity index (χ0) is 20.7. The number of benzene rings is 2. The minimum absolute atomic E-state index is 0.185. The van der Waals surface area contributed by atoms with Crippen molar-refractivity contribution < 1.29 is 4.98 Å². The molecule has 5 rings (SSSR count). The molecule has 8 heteroatoms. The molecule has 5 aromatic rings. The second-order valence-electron chi connectivity index (χ2n) is 6.74. The van der Waals surface area contributed by atoms with Gasteiger partial charge in [-0.25, -0.2) is 24.3 Å². The van der Waals surface area contributed by atoms with Crippen LogP contribution in [0.15, 0.2) is 77.4 Å². The maximum Gasteiger partial charge on any atom is 0.323 e. The molecule has 0 atom stereocenters. The molecular formula is C22H16ClN6O+. The summed E-state index contributed by atoms with van der Waals surface area (Å²) in [6, 6.07) is 14.9. The van der Waals surface area contributed by atoms with Gasteiger partial charge in [-0.15, -0.1) is 9.78 Å². The average molecular weight is 416 g/mol. The Bertz CT molecular complexity index is 1530. The van der Waals surface area contributed by atoms with Gasteiger partial charge in [0.05, 0.1) is 23.8 Å². The van der Waals surface area contributed by atoms with Gasteiger partial charge in [-0.3, -0.25) is 0 Å². The Balaban J connectivity index is 1.85. The first-order valence-corrected chi connectivity index (χ1v) is 9.66. The van der Waals surface area contributed by atoms with Gasteiger partial charge in [0.25, 0.3) is 5.65 Å². The van der Waals surface area contributed by atoms with Crippen LogP contribution in [0.5, 0.6) is 0 Å². The van der Waals surface area contributed by atoms with Gasteiger partial charge in [0, 0.05) is 5.02 Å². The minimum atomic E-state index is -0.185. The third kappa shape index (κ3) is 2.96. The molecule has 0 aliphatic rings. The maximum absolute atomic E-state index is 13.1. The van der Waals surface area contributed by atoms with Gasteiger partial charge in [-0.2, -0.15) is 0 Å². The summed E-state index contributed by atoms with van der Waals surface area (Å²) in [6.45, 7) is 4.09. The number of nitrogens with zero attached hydrogens (tertiary/aromatic N) is 5. The van der Waals surface area contributed by atoms with Gasteiger partial charge in [0.2, 0.25) is 5.65 Å². The Labute approximate surface area is 175 Å². The molecule has 0 amide bonds. The number of aromatic amines is 1. The van der Waals surface area contributed by atoms with E-state index in [-0.39, 0.29) is 5.56 Å². The van der Waals surface area contributed by atoms with E-state index >= 15 is 0 Å². The summed E-state index contributed by atoms with van der Waals surface area (Å²) in [6.07, 6.45) is 4.94. The summed E-state index contributed by atoms with van der Waals surface area (Å²) < 4.78 is 3.14. The molecule has 30 heavy (non-hydrogen) atoms. The number of fused-ring (bicyclic) bond motifs is 4. The SMILES string of the molecule is C=CCn1c[nH+]c2c(c1=O)c1nc3ccccc3nc1n2N=Cc1cccc(Cl)c1. The van der Waals surface area contributed by atoms with Crippen LogP contribution in [0.4, 0.5) is 0 Å².